The van der Waals surface area contributed by atoms with Crippen LogP contribution in [-0.2, 0) is 12.8 Å². The number of anilines is 1. The van der Waals surface area contributed by atoms with E-state index in [-0.39, 0.29) is 0 Å². The zero-order valence-electron chi connectivity index (χ0n) is 11.5. The molecule has 0 saturated heterocycles. The van der Waals surface area contributed by atoms with Crippen molar-refractivity contribution in [1.82, 2.24) is 4.98 Å². The number of nitrogens with two attached hydrogens (primary N) is 1. The molecule has 1 atom stereocenters. The summed E-state index contributed by atoms with van der Waals surface area (Å²) in [7, 11) is 1.67. The largest absolute Gasteiger partial charge is 0.497 e. The highest BCUT2D eigenvalue weighted by molar-refractivity contribution is 5.42. The summed E-state index contributed by atoms with van der Waals surface area (Å²) in [4.78, 5) is 4.13. The minimum Gasteiger partial charge on any atom is -0.497 e. The minimum absolute atomic E-state index is 0.473. The lowest BCUT2D eigenvalue weighted by molar-refractivity contribution is 0.220. The molecule has 0 amide bonds. The third kappa shape index (κ3) is 2.69. The van der Waals surface area contributed by atoms with Gasteiger partial charge in [0.2, 0.25) is 0 Å². The van der Waals surface area contributed by atoms with Crippen LogP contribution in [0.1, 0.15) is 11.1 Å². The van der Waals surface area contributed by atoms with Crippen molar-refractivity contribution in [3.63, 3.8) is 0 Å². The molecule has 4 heteroatoms. The van der Waals surface area contributed by atoms with Gasteiger partial charge in [-0.25, -0.2) is 4.98 Å². The smallest absolute Gasteiger partial charge is 0.126 e. The maximum atomic E-state index is 5.85. The summed E-state index contributed by atoms with van der Waals surface area (Å²) in [6.45, 7) is 0.727. The Kier molecular flexibility index (Phi) is 3.46. The molecule has 0 unspecified atom stereocenters. The predicted molar refractivity (Wildman–Crippen MR) is 78.0 cm³/mol. The molecule has 2 aromatic rings. The van der Waals surface area contributed by atoms with Gasteiger partial charge in [-0.3, -0.25) is 0 Å². The highest BCUT2D eigenvalue weighted by Crippen LogP contribution is 2.32. The number of benzene rings is 1. The lowest BCUT2D eigenvalue weighted by atomic mass is 9.91. The number of nitrogen functional groups attached to an aromatic ring is 1. The second kappa shape index (κ2) is 5.41. The van der Waals surface area contributed by atoms with Crippen molar-refractivity contribution in [3.8, 4) is 11.5 Å². The molecule has 0 fully saturated rings. The molecule has 4 nitrogen and oxygen atoms in total. The van der Waals surface area contributed by atoms with Gasteiger partial charge in [0.1, 0.15) is 17.3 Å². The van der Waals surface area contributed by atoms with Crippen LogP contribution in [0.25, 0.3) is 0 Å². The first kappa shape index (κ1) is 12.8. The summed E-state index contributed by atoms with van der Waals surface area (Å²) in [5, 5.41) is 0. The van der Waals surface area contributed by atoms with Gasteiger partial charge in [-0.2, -0.15) is 0 Å². The van der Waals surface area contributed by atoms with Gasteiger partial charge in [0.25, 0.3) is 0 Å². The van der Waals surface area contributed by atoms with Crippen molar-refractivity contribution in [2.75, 3.05) is 19.5 Å². The second-order valence-electron chi connectivity index (χ2n) is 5.15. The molecule has 2 N–H and O–H groups in total. The second-order valence-corrected chi connectivity index (χ2v) is 5.15. The Hall–Kier alpha value is -2.23. The molecule has 1 aliphatic rings. The van der Waals surface area contributed by atoms with Gasteiger partial charge in [0.15, 0.2) is 0 Å². The van der Waals surface area contributed by atoms with Crippen molar-refractivity contribution in [2.45, 2.75) is 12.8 Å². The zero-order valence-corrected chi connectivity index (χ0v) is 11.5. The number of nitrogens with zero attached hydrogens (tertiary/aromatic N) is 1. The van der Waals surface area contributed by atoms with E-state index in [1.54, 1.807) is 7.11 Å². The van der Waals surface area contributed by atoms with Crippen LogP contribution in [0.4, 0.5) is 5.82 Å². The fraction of sp³-hybridized carbons (Fsp3) is 0.312. The highest BCUT2D eigenvalue weighted by Gasteiger charge is 2.20. The molecular formula is C16H18N2O2. The molecule has 0 spiro atoms. The summed E-state index contributed by atoms with van der Waals surface area (Å²) >= 11 is 0. The Morgan fingerprint density at radius 1 is 1.35 bits per heavy atom. The van der Waals surface area contributed by atoms with Crippen molar-refractivity contribution < 1.29 is 9.47 Å². The Morgan fingerprint density at radius 3 is 3.00 bits per heavy atom. The summed E-state index contributed by atoms with van der Waals surface area (Å²) in [5.41, 5.74) is 8.04. The van der Waals surface area contributed by atoms with Gasteiger partial charge < -0.3 is 15.2 Å². The molecule has 0 bridgehead atoms. The van der Waals surface area contributed by atoms with Gasteiger partial charge in [0, 0.05) is 18.2 Å². The van der Waals surface area contributed by atoms with E-state index in [2.05, 4.69) is 11.1 Å². The SMILES string of the molecule is COc1ccc2c(c1)OC[C@H](Cc1ccc(N)nc1)C2. The van der Waals surface area contributed by atoms with Gasteiger partial charge >= 0.3 is 0 Å². The van der Waals surface area contributed by atoms with E-state index in [9.17, 15) is 0 Å². The highest BCUT2D eigenvalue weighted by atomic mass is 16.5. The molecule has 3 rings (SSSR count). The quantitative estimate of drug-likeness (QED) is 0.930. The number of pyridine rings is 1. The van der Waals surface area contributed by atoms with Crippen LogP contribution in [0.2, 0.25) is 0 Å². The third-order valence-corrected chi connectivity index (χ3v) is 3.63. The monoisotopic (exact) mass is 270 g/mol. The predicted octanol–water partition coefficient (Wildman–Crippen LogP) is 2.47. The Bertz CT molecular complexity index is 596. The first-order chi connectivity index (χ1) is 9.74. The molecule has 0 aliphatic carbocycles. The Morgan fingerprint density at radius 2 is 2.25 bits per heavy atom. The number of hydrogen-bond acceptors (Lipinski definition) is 4. The van der Waals surface area contributed by atoms with E-state index < -0.39 is 0 Å². The van der Waals surface area contributed by atoms with Crippen molar-refractivity contribution >= 4 is 5.82 Å². The molecule has 1 aromatic carbocycles. The van der Waals surface area contributed by atoms with Gasteiger partial charge in [-0.1, -0.05) is 12.1 Å². The molecule has 1 aromatic heterocycles. The fourth-order valence-electron chi connectivity index (χ4n) is 2.56. The van der Waals surface area contributed by atoms with Crippen LogP contribution in [0.5, 0.6) is 11.5 Å². The summed E-state index contributed by atoms with van der Waals surface area (Å²) < 4.78 is 11.1. The van der Waals surface area contributed by atoms with E-state index in [0.29, 0.717) is 11.7 Å². The van der Waals surface area contributed by atoms with E-state index in [4.69, 9.17) is 15.2 Å². The number of hydrogen-bond donors (Lipinski definition) is 1. The summed E-state index contributed by atoms with van der Waals surface area (Å²) in [5.74, 6) is 2.81. The van der Waals surface area contributed by atoms with E-state index in [1.807, 2.05) is 30.5 Å². The molecular weight excluding hydrogens is 252 g/mol. The first-order valence-electron chi connectivity index (χ1n) is 6.74. The first-order valence-corrected chi connectivity index (χ1v) is 6.74. The van der Waals surface area contributed by atoms with E-state index >= 15 is 0 Å². The van der Waals surface area contributed by atoms with Crippen LogP contribution in [-0.4, -0.2) is 18.7 Å². The van der Waals surface area contributed by atoms with Gasteiger partial charge in [0.05, 0.1) is 13.7 Å². The molecule has 0 saturated carbocycles. The maximum absolute atomic E-state index is 5.85. The van der Waals surface area contributed by atoms with Crippen molar-refractivity contribution in [2.24, 2.45) is 5.92 Å². The van der Waals surface area contributed by atoms with Crippen LogP contribution < -0.4 is 15.2 Å². The van der Waals surface area contributed by atoms with Crippen LogP contribution in [0.3, 0.4) is 0 Å². The number of ether oxygens (including phenoxy) is 2. The zero-order chi connectivity index (χ0) is 13.9. The Balaban J connectivity index is 1.70. The number of rotatable bonds is 3. The van der Waals surface area contributed by atoms with Crippen LogP contribution in [0, 0.1) is 5.92 Å². The molecule has 2 heterocycles. The Labute approximate surface area is 118 Å². The summed E-state index contributed by atoms with van der Waals surface area (Å²) in [6, 6.07) is 9.90. The lowest BCUT2D eigenvalue weighted by Crippen LogP contribution is -2.22. The summed E-state index contributed by atoms with van der Waals surface area (Å²) in [6.07, 6.45) is 3.82. The van der Waals surface area contributed by atoms with Gasteiger partial charge in [-0.15, -0.1) is 0 Å². The maximum Gasteiger partial charge on any atom is 0.126 e. The minimum atomic E-state index is 0.473. The number of fused-ring (bicyclic) bond motifs is 1. The fourth-order valence-corrected chi connectivity index (χ4v) is 2.56. The molecule has 0 radical (unpaired) electrons. The van der Waals surface area contributed by atoms with Crippen molar-refractivity contribution in [1.29, 1.82) is 0 Å². The van der Waals surface area contributed by atoms with E-state index in [1.165, 1.54) is 11.1 Å². The van der Waals surface area contributed by atoms with Crippen LogP contribution in [0.15, 0.2) is 36.5 Å². The molecule has 104 valence electrons. The van der Waals surface area contributed by atoms with Gasteiger partial charge in [-0.05, 0) is 36.1 Å². The lowest BCUT2D eigenvalue weighted by Gasteiger charge is -2.25. The molecule has 20 heavy (non-hydrogen) atoms. The topological polar surface area (TPSA) is 57.4 Å². The number of aromatic nitrogens is 1. The standard InChI is InChI=1S/C16H18N2O2/c1-19-14-4-3-13-7-12(10-20-15(13)8-14)6-11-2-5-16(17)18-9-11/h2-5,8-9,12H,6-7,10H2,1H3,(H2,17,18)/t12-/m1/s1. The normalized spacial score (nSPS) is 17.1. The van der Waals surface area contributed by atoms with Crippen molar-refractivity contribution in [3.05, 3.63) is 47.7 Å². The average Bonchev–Trinajstić information content (AvgIpc) is 2.49. The van der Waals surface area contributed by atoms with Crippen LogP contribution >= 0.6 is 0 Å². The average molecular weight is 270 g/mol. The molecule has 1 aliphatic heterocycles. The van der Waals surface area contributed by atoms with E-state index in [0.717, 1.165) is 30.9 Å². The number of methoxy groups -OCH3 is 1. The third-order valence-electron chi connectivity index (χ3n) is 3.63.